The lowest BCUT2D eigenvalue weighted by Crippen LogP contribution is -2.41. The van der Waals surface area contributed by atoms with E-state index in [0.29, 0.717) is 18.1 Å². The summed E-state index contributed by atoms with van der Waals surface area (Å²) in [5, 5.41) is 2.10. The minimum atomic E-state index is 0.386. The van der Waals surface area contributed by atoms with Gasteiger partial charge in [-0.05, 0) is 18.9 Å². The number of hydrogen-bond acceptors (Lipinski definition) is 3. The van der Waals surface area contributed by atoms with E-state index >= 15 is 0 Å². The van der Waals surface area contributed by atoms with Crippen LogP contribution in [0.4, 0.5) is 0 Å². The van der Waals surface area contributed by atoms with Gasteiger partial charge in [0, 0.05) is 12.5 Å². The summed E-state index contributed by atoms with van der Waals surface area (Å²) in [6.07, 6.45) is 1.51. The van der Waals surface area contributed by atoms with Gasteiger partial charge < -0.3 is 4.74 Å². The van der Waals surface area contributed by atoms with Crippen LogP contribution in [0.5, 0.6) is 0 Å². The van der Waals surface area contributed by atoms with Crippen LogP contribution in [0.3, 0.4) is 0 Å². The second kappa shape index (κ2) is 4.77. The van der Waals surface area contributed by atoms with Gasteiger partial charge in [0.25, 0.3) is 0 Å². The zero-order valence-electron chi connectivity index (χ0n) is 10.2. The number of benzene rings is 1. The van der Waals surface area contributed by atoms with Crippen molar-refractivity contribution in [3.63, 3.8) is 0 Å². The summed E-state index contributed by atoms with van der Waals surface area (Å²) in [6.45, 7) is 4.67. The van der Waals surface area contributed by atoms with Gasteiger partial charge in [-0.25, -0.2) is 0 Å². The van der Waals surface area contributed by atoms with Crippen LogP contribution in [-0.2, 0) is 16.1 Å². The Morgan fingerprint density at radius 2 is 2.06 bits per heavy atom. The van der Waals surface area contributed by atoms with Gasteiger partial charge in [-0.3, -0.25) is 4.84 Å². The third-order valence-corrected chi connectivity index (χ3v) is 3.74. The van der Waals surface area contributed by atoms with Crippen molar-refractivity contribution >= 4 is 0 Å². The van der Waals surface area contributed by atoms with Crippen molar-refractivity contribution in [2.45, 2.75) is 32.0 Å². The minimum absolute atomic E-state index is 0.386. The topological polar surface area (TPSA) is 21.7 Å². The van der Waals surface area contributed by atoms with E-state index in [1.54, 1.807) is 0 Å². The molecule has 0 bridgehead atoms. The van der Waals surface area contributed by atoms with E-state index in [4.69, 9.17) is 9.57 Å². The van der Waals surface area contributed by atoms with Gasteiger partial charge in [-0.2, -0.15) is 5.06 Å². The minimum Gasteiger partial charge on any atom is -0.377 e. The third-order valence-electron chi connectivity index (χ3n) is 3.74. The predicted molar refractivity (Wildman–Crippen MR) is 65.2 cm³/mol. The third kappa shape index (κ3) is 2.37. The molecule has 1 aromatic rings. The first-order chi connectivity index (χ1) is 8.33. The van der Waals surface area contributed by atoms with Crippen molar-refractivity contribution in [1.29, 1.82) is 0 Å². The highest BCUT2D eigenvalue weighted by atomic mass is 16.7. The Morgan fingerprint density at radius 1 is 1.24 bits per heavy atom. The largest absolute Gasteiger partial charge is 0.377 e. The predicted octanol–water partition coefficient (Wildman–Crippen LogP) is 2.23. The lowest BCUT2D eigenvalue weighted by atomic mass is 9.93. The maximum Gasteiger partial charge on any atom is 0.0731 e. The molecule has 0 radical (unpaired) electrons. The molecule has 2 aliphatic rings. The molecule has 3 heteroatoms. The molecule has 0 unspecified atom stereocenters. The van der Waals surface area contributed by atoms with Crippen molar-refractivity contribution in [2.24, 2.45) is 5.92 Å². The lowest BCUT2D eigenvalue weighted by molar-refractivity contribution is -0.156. The van der Waals surface area contributed by atoms with Crippen LogP contribution in [0.2, 0.25) is 0 Å². The summed E-state index contributed by atoms with van der Waals surface area (Å²) in [5.41, 5.74) is 1.30. The highest BCUT2D eigenvalue weighted by Gasteiger charge is 2.39. The molecule has 0 spiro atoms. The molecule has 2 saturated heterocycles. The summed E-state index contributed by atoms with van der Waals surface area (Å²) < 4.78 is 5.74. The van der Waals surface area contributed by atoms with Gasteiger partial charge in [-0.1, -0.05) is 30.3 Å². The smallest absolute Gasteiger partial charge is 0.0731 e. The van der Waals surface area contributed by atoms with E-state index in [1.807, 2.05) is 6.07 Å². The molecule has 0 N–H and O–H groups in total. The standard InChI is InChI=1S/C14H19NO2/c1-11-7-13-9-17-15(14(13)10-16-11)8-12-5-3-2-4-6-12/h2-6,11,13-14H,7-10H2,1H3/t11-,13-,14-/m0/s1. The van der Waals surface area contributed by atoms with Crippen LogP contribution in [0.25, 0.3) is 0 Å². The average Bonchev–Trinajstić information content (AvgIpc) is 2.73. The first-order valence-electron chi connectivity index (χ1n) is 6.38. The van der Waals surface area contributed by atoms with E-state index in [9.17, 15) is 0 Å². The highest BCUT2D eigenvalue weighted by Crippen LogP contribution is 2.31. The fourth-order valence-corrected chi connectivity index (χ4v) is 2.76. The number of hydroxylamine groups is 2. The first kappa shape index (κ1) is 11.2. The van der Waals surface area contributed by atoms with Crippen molar-refractivity contribution in [2.75, 3.05) is 13.2 Å². The Bertz CT molecular complexity index is 368. The van der Waals surface area contributed by atoms with Crippen LogP contribution >= 0.6 is 0 Å². The zero-order chi connectivity index (χ0) is 11.7. The Kier molecular flexibility index (Phi) is 3.14. The van der Waals surface area contributed by atoms with Gasteiger partial charge in [-0.15, -0.1) is 0 Å². The number of nitrogens with zero attached hydrogens (tertiary/aromatic N) is 1. The maximum absolute atomic E-state index is 5.81. The number of fused-ring (bicyclic) bond motifs is 1. The molecular formula is C14H19NO2. The number of hydrogen-bond donors (Lipinski definition) is 0. The van der Waals surface area contributed by atoms with E-state index in [1.165, 1.54) is 5.56 Å². The summed E-state index contributed by atoms with van der Waals surface area (Å²) in [4.78, 5) is 5.81. The van der Waals surface area contributed by atoms with Crippen molar-refractivity contribution in [3.8, 4) is 0 Å². The van der Waals surface area contributed by atoms with Crippen LogP contribution in [0, 0.1) is 5.92 Å². The fourth-order valence-electron chi connectivity index (χ4n) is 2.76. The molecule has 3 rings (SSSR count). The zero-order valence-corrected chi connectivity index (χ0v) is 10.2. The summed E-state index contributed by atoms with van der Waals surface area (Å²) in [7, 11) is 0. The second-order valence-electron chi connectivity index (χ2n) is 5.06. The summed E-state index contributed by atoms with van der Waals surface area (Å²) in [6, 6.07) is 10.9. The van der Waals surface area contributed by atoms with Crippen LogP contribution < -0.4 is 0 Å². The number of rotatable bonds is 2. The SMILES string of the molecule is C[C@H]1C[C@H]2CON(Cc3ccccc3)[C@H]2CO1. The molecule has 0 aliphatic carbocycles. The molecule has 17 heavy (non-hydrogen) atoms. The molecule has 0 aromatic heterocycles. The highest BCUT2D eigenvalue weighted by molar-refractivity contribution is 5.14. The Hall–Kier alpha value is -0.900. The lowest BCUT2D eigenvalue weighted by Gasteiger charge is -2.32. The van der Waals surface area contributed by atoms with Crippen molar-refractivity contribution in [1.82, 2.24) is 5.06 Å². The van der Waals surface area contributed by atoms with Crippen LogP contribution in [0.15, 0.2) is 30.3 Å². The fraction of sp³-hybridized carbons (Fsp3) is 0.571. The first-order valence-corrected chi connectivity index (χ1v) is 6.38. The van der Waals surface area contributed by atoms with Crippen LogP contribution in [-0.4, -0.2) is 30.4 Å². The molecule has 92 valence electrons. The van der Waals surface area contributed by atoms with E-state index in [-0.39, 0.29) is 0 Å². The quantitative estimate of drug-likeness (QED) is 0.782. The molecule has 2 aliphatic heterocycles. The molecule has 0 saturated carbocycles. The molecule has 3 atom stereocenters. The van der Waals surface area contributed by atoms with Crippen molar-refractivity contribution < 1.29 is 9.57 Å². The summed E-state index contributed by atoms with van der Waals surface area (Å²) in [5.74, 6) is 0.641. The van der Waals surface area contributed by atoms with Gasteiger partial charge in [0.1, 0.15) is 0 Å². The normalized spacial score (nSPS) is 33.6. The van der Waals surface area contributed by atoms with Gasteiger partial charge in [0.15, 0.2) is 0 Å². The van der Waals surface area contributed by atoms with Crippen molar-refractivity contribution in [3.05, 3.63) is 35.9 Å². The molecule has 1 aromatic carbocycles. The average molecular weight is 233 g/mol. The maximum atomic E-state index is 5.81. The monoisotopic (exact) mass is 233 g/mol. The van der Waals surface area contributed by atoms with E-state index in [2.05, 4.69) is 36.3 Å². The van der Waals surface area contributed by atoms with E-state index < -0.39 is 0 Å². The Morgan fingerprint density at radius 3 is 2.88 bits per heavy atom. The number of ether oxygens (including phenoxy) is 1. The summed E-state index contributed by atoms with van der Waals surface area (Å²) >= 11 is 0. The second-order valence-corrected chi connectivity index (χ2v) is 5.06. The van der Waals surface area contributed by atoms with Gasteiger partial charge >= 0.3 is 0 Å². The van der Waals surface area contributed by atoms with Gasteiger partial charge in [0.2, 0.25) is 0 Å². The molecule has 0 amide bonds. The molecule has 3 nitrogen and oxygen atoms in total. The Labute approximate surface area is 102 Å². The molecule has 2 heterocycles. The van der Waals surface area contributed by atoms with Crippen LogP contribution in [0.1, 0.15) is 18.9 Å². The molecule has 2 fully saturated rings. The van der Waals surface area contributed by atoms with Gasteiger partial charge in [0.05, 0.1) is 25.4 Å². The van der Waals surface area contributed by atoms with E-state index in [0.717, 1.165) is 26.2 Å². The molecular weight excluding hydrogens is 214 g/mol. The Balaban J connectivity index is 1.66.